The molecule has 0 aliphatic carbocycles. The molecule has 0 saturated carbocycles. The van der Waals surface area contributed by atoms with Crippen LogP contribution in [-0.2, 0) is 15.8 Å². The van der Waals surface area contributed by atoms with Gasteiger partial charge in [0, 0.05) is 6.54 Å². The van der Waals surface area contributed by atoms with Crippen LogP contribution < -0.4 is 16.0 Å². The SMILES string of the molecule is CC[C@@H]1NC(=O)[C@@H]2C[C@H](NC(=O)Nc3ccccc3C(F)(F)F)CN2C1=O. The quantitative estimate of drug-likeness (QED) is 0.741. The highest BCUT2D eigenvalue weighted by Crippen LogP contribution is 2.34. The molecule has 0 unspecified atom stereocenters. The highest BCUT2D eigenvalue weighted by molar-refractivity contribution is 5.98. The molecular weight excluding hydrogens is 365 g/mol. The fraction of sp³-hybridized carbons (Fsp3) is 0.471. The van der Waals surface area contributed by atoms with Gasteiger partial charge in [-0.3, -0.25) is 9.59 Å². The van der Waals surface area contributed by atoms with Crippen molar-refractivity contribution in [2.75, 3.05) is 11.9 Å². The van der Waals surface area contributed by atoms with Crippen molar-refractivity contribution < 1.29 is 27.6 Å². The summed E-state index contributed by atoms with van der Waals surface area (Å²) in [5.41, 5.74) is -1.32. The molecule has 7 nitrogen and oxygen atoms in total. The van der Waals surface area contributed by atoms with Gasteiger partial charge in [0.05, 0.1) is 17.3 Å². The summed E-state index contributed by atoms with van der Waals surface area (Å²) in [5.74, 6) is -0.497. The molecule has 10 heteroatoms. The van der Waals surface area contributed by atoms with Gasteiger partial charge in [0.25, 0.3) is 0 Å². The lowest BCUT2D eigenvalue weighted by molar-refractivity contribution is -0.147. The molecule has 0 bridgehead atoms. The second-order valence-corrected chi connectivity index (χ2v) is 6.55. The van der Waals surface area contributed by atoms with Gasteiger partial charge in [0.1, 0.15) is 12.1 Å². The van der Waals surface area contributed by atoms with E-state index in [2.05, 4.69) is 16.0 Å². The lowest BCUT2D eigenvalue weighted by atomic mass is 10.1. The van der Waals surface area contributed by atoms with Gasteiger partial charge in [-0.05, 0) is 25.0 Å². The maximum Gasteiger partial charge on any atom is 0.418 e. The van der Waals surface area contributed by atoms with Gasteiger partial charge in [-0.25, -0.2) is 4.79 Å². The van der Waals surface area contributed by atoms with Crippen molar-refractivity contribution >= 4 is 23.5 Å². The zero-order chi connectivity index (χ0) is 19.8. The van der Waals surface area contributed by atoms with Crippen LogP contribution in [0, 0.1) is 0 Å². The lowest BCUT2D eigenvalue weighted by Gasteiger charge is -2.33. The minimum atomic E-state index is -4.60. The first kappa shape index (κ1) is 19.0. The van der Waals surface area contributed by atoms with Crippen molar-refractivity contribution in [3.63, 3.8) is 0 Å². The standard InChI is InChI=1S/C17H19F3N4O3/c1-2-11-15(26)24-8-9(7-13(24)14(25)22-11)21-16(27)23-12-6-4-3-5-10(12)17(18,19)20/h3-6,9,11,13H,2,7-8H2,1H3,(H,22,25)(H2,21,23,27)/t9-,11-,13-/m0/s1. The molecule has 2 heterocycles. The maximum atomic E-state index is 13.0. The van der Waals surface area contributed by atoms with E-state index < -0.39 is 35.9 Å². The largest absolute Gasteiger partial charge is 0.418 e. The number of nitrogens with zero attached hydrogens (tertiary/aromatic N) is 1. The summed E-state index contributed by atoms with van der Waals surface area (Å²) in [7, 11) is 0. The molecule has 2 aliphatic rings. The Morgan fingerprint density at radius 1 is 1.30 bits per heavy atom. The summed E-state index contributed by atoms with van der Waals surface area (Å²) < 4.78 is 39.0. The third kappa shape index (κ3) is 3.83. The predicted octanol–water partition coefficient (Wildman–Crippen LogP) is 1.70. The number of para-hydroxylation sites is 1. The number of carbonyl (C=O) groups is 3. The number of piperazine rings is 1. The van der Waals surface area contributed by atoms with Gasteiger partial charge in [-0.2, -0.15) is 13.2 Å². The van der Waals surface area contributed by atoms with Crippen molar-refractivity contribution in [3.8, 4) is 0 Å². The number of anilines is 1. The Hall–Kier alpha value is -2.78. The molecule has 1 aromatic rings. The second-order valence-electron chi connectivity index (χ2n) is 6.55. The van der Waals surface area contributed by atoms with Gasteiger partial charge in [0.15, 0.2) is 0 Å². The van der Waals surface area contributed by atoms with E-state index in [0.29, 0.717) is 6.42 Å². The fourth-order valence-electron chi connectivity index (χ4n) is 3.42. The lowest BCUT2D eigenvalue weighted by Crippen LogP contribution is -2.60. The van der Waals surface area contributed by atoms with Crippen LogP contribution in [0.1, 0.15) is 25.3 Å². The Kier molecular flexibility index (Phi) is 4.99. The van der Waals surface area contributed by atoms with Crippen molar-refractivity contribution in [1.82, 2.24) is 15.5 Å². The number of hydrogen-bond donors (Lipinski definition) is 3. The second kappa shape index (κ2) is 7.09. The average molecular weight is 384 g/mol. The number of nitrogens with one attached hydrogen (secondary N) is 3. The number of rotatable bonds is 3. The number of carbonyl (C=O) groups excluding carboxylic acids is 3. The minimum absolute atomic E-state index is 0.141. The van der Waals surface area contributed by atoms with Crippen LogP contribution in [0.4, 0.5) is 23.7 Å². The first-order chi connectivity index (χ1) is 12.7. The number of fused-ring (bicyclic) bond motifs is 1. The topological polar surface area (TPSA) is 90.5 Å². The third-order valence-corrected chi connectivity index (χ3v) is 4.73. The van der Waals surface area contributed by atoms with E-state index in [1.165, 1.54) is 17.0 Å². The van der Waals surface area contributed by atoms with Gasteiger partial charge in [-0.1, -0.05) is 19.1 Å². The molecule has 3 N–H and O–H groups in total. The van der Waals surface area contributed by atoms with Crippen LogP contribution in [0.25, 0.3) is 0 Å². The Morgan fingerprint density at radius 3 is 2.67 bits per heavy atom. The van der Waals surface area contributed by atoms with E-state index in [9.17, 15) is 27.6 Å². The third-order valence-electron chi connectivity index (χ3n) is 4.73. The first-order valence-corrected chi connectivity index (χ1v) is 8.55. The molecule has 0 spiro atoms. The maximum absolute atomic E-state index is 13.0. The van der Waals surface area contributed by atoms with Crippen LogP contribution >= 0.6 is 0 Å². The molecule has 2 saturated heterocycles. The van der Waals surface area contributed by atoms with E-state index in [1.807, 2.05) is 0 Å². The van der Waals surface area contributed by atoms with Crippen LogP contribution in [0.5, 0.6) is 0 Å². The molecule has 2 aliphatic heterocycles. The van der Waals surface area contributed by atoms with Crippen molar-refractivity contribution in [2.45, 2.75) is 44.1 Å². The number of hydrogen-bond acceptors (Lipinski definition) is 3. The molecule has 146 valence electrons. The van der Waals surface area contributed by atoms with Crippen LogP contribution in [-0.4, -0.2) is 47.4 Å². The summed E-state index contributed by atoms with van der Waals surface area (Å²) in [5, 5.41) is 7.38. The summed E-state index contributed by atoms with van der Waals surface area (Å²) in [6, 6.07) is 2.04. The minimum Gasteiger partial charge on any atom is -0.343 e. The predicted molar refractivity (Wildman–Crippen MR) is 89.7 cm³/mol. The zero-order valence-corrected chi connectivity index (χ0v) is 14.5. The molecule has 3 atom stereocenters. The highest BCUT2D eigenvalue weighted by Gasteiger charge is 2.46. The highest BCUT2D eigenvalue weighted by atomic mass is 19.4. The van der Waals surface area contributed by atoms with Crippen molar-refractivity contribution in [1.29, 1.82) is 0 Å². The summed E-state index contributed by atoms with van der Waals surface area (Å²) >= 11 is 0. The smallest absolute Gasteiger partial charge is 0.343 e. The number of benzene rings is 1. The normalized spacial score (nSPS) is 25.0. The van der Waals surface area contributed by atoms with Crippen molar-refractivity contribution in [2.24, 2.45) is 0 Å². The Labute approximate surface area is 153 Å². The average Bonchev–Trinajstić information content (AvgIpc) is 3.02. The fourth-order valence-corrected chi connectivity index (χ4v) is 3.42. The molecule has 3 rings (SSSR count). The van der Waals surface area contributed by atoms with Crippen LogP contribution in [0.15, 0.2) is 24.3 Å². The molecule has 4 amide bonds. The van der Waals surface area contributed by atoms with Crippen LogP contribution in [0.3, 0.4) is 0 Å². The Morgan fingerprint density at radius 2 is 2.00 bits per heavy atom. The van der Waals surface area contributed by atoms with Gasteiger partial charge in [-0.15, -0.1) is 0 Å². The summed E-state index contributed by atoms with van der Waals surface area (Å²) in [6.45, 7) is 1.92. The zero-order valence-electron chi connectivity index (χ0n) is 14.5. The van der Waals surface area contributed by atoms with E-state index in [-0.39, 0.29) is 30.5 Å². The van der Waals surface area contributed by atoms with Crippen molar-refractivity contribution in [3.05, 3.63) is 29.8 Å². The van der Waals surface area contributed by atoms with E-state index >= 15 is 0 Å². The molecule has 0 radical (unpaired) electrons. The van der Waals surface area contributed by atoms with E-state index in [1.54, 1.807) is 6.92 Å². The van der Waals surface area contributed by atoms with Gasteiger partial charge in [0.2, 0.25) is 11.8 Å². The Balaban J connectivity index is 1.65. The molecule has 0 aromatic heterocycles. The summed E-state index contributed by atoms with van der Waals surface area (Å²) in [6.07, 6.45) is -3.93. The number of alkyl halides is 3. The van der Waals surface area contributed by atoms with Crippen LogP contribution in [0.2, 0.25) is 0 Å². The van der Waals surface area contributed by atoms with E-state index in [0.717, 1.165) is 12.1 Å². The Bertz CT molecular complexity index is 768. The first-order valence-electron chi connectivity index (χ1n) is 8.55. The monoisotopic (exact) mass is 384 g/mol. The molecule has 1 aromatic carbocycles. The van der Waals surface area contributed by atoms with Gasteiger partial charge >= 0.3 is 12.2 Å². The van der Waals surface area contributed by atoms with Gasteiger partial charge < -0.3 is 20.9 Å². The number of urea groups is 1. The number of amides is 4. The van der Waals surface area contributed by atoms with E-state index in [4.69, 9.17) is 0 Å². The molecular formula is C17H19F3N4O3. The molecule has 27 heavy (non-hydrogen) atoms. The molecule has 2 fully saturated rings. The summed E-state index contributed by atoms with van der Waals surface area (Å²) in [4.78, 5) is 38.0. The number of halogens is 3.